The fourth-order valence-corrected chi connectivity index (χ4v) is 6.06. The van der Waals surface area contributed by atoms with E-state index >= 15 is 0 Å². The van der Waals surface area contributed by atoms with Crippen LogP contribution in [0.2, 0.25) is 0 Å². The highest BCUT2D eigenvalue weighted by atomic mass is 32.2. The lowest BCUT2D eigenvalue weighted by molar-refractivity contribution is -0.142. The monoisotopic (exact) mass is 674 g/mol. The molecule has 1 fully saturated rings. The quantitative estimate of drug-likeness (QED) is 0.185. The summed E-state index contributed by atoms with van der Waals surface area (Å²) in [5.41, 5.74) is -1.25. The molecule has 1 amide bonds. The topological polar surface area (TPSA) is 134 Å². The number of nitrogens with zero attached hydrogens (tertiary/aromatic N) is 5. The van der Waals surface area contributed by atoms with Gasteiger partial charge in [-0.15, -0.1) is 0 Å². The van der Waals surface area contributed by atoms with Gasteiger partial charge in [0.15, 0.2) is 0 Å². The first-order chi connectivity index (χ1) is 21.8. The smallest absolute Gasteiger partial charge is 0.359 e. The summed E-state index contributed by atoms with van der Waals surface area (Å²) in [6.45, 7) is -0.368. The summed E-state index contributed by atoms with van der Waals surface area (Å²) < 4.78 is 94.8. The summed E-state index contributed by atoms with van der Waals surface area (Å²) in [5, 5.41) is 12.1. The molecule has 0 bridgehead atoms. The van der Waals surface area contributed by atoms with E-state index in [0.29, 0.717) is 54.7 Å². The number of halogens is 6. The SMILES string of the molecule is CNC(=O)CCC(C=O)NCc1cccc(S(=O)N2CCC(Nc3ncc(C(F)(F)F)c(-c4cnn(CC(F)(F)F)c4)n3)CC2)c1. The number of anilines is 1. The van der Waals surface area contributed by atoms with E-state index in [1.54, 1.807) is 22.5 Å². The number of carbonyl (C=O) groups is 2. The fourth-order valence-electron chi connectivity index (χ4n) is 4.78. The summed E-state index contributed by atoms with van der Waals surface area (Å²) in [6.07, 6.45) is -4.95. The first-order valence-corrected chi connectivity index (χ1v) is 15.3. The van der Waals surface area contributed by atoms with Gasteiger partial charge in [-0.25, -0.2) is 18.5 Å². The summed E-state index contributed by atoms with van der Waals surface area (Å²) >= 11 is 0. The predicted octanol–water partition coefficient (Wildman–Crippen LogP) is 3.70. The van der Waals surface area contributed by atoms with Crippen LogP contribution in [-0.4, -0.2) is 78.9 Å². The Labute approximate surface area is 262 Å². The lowest BCUT2D eigenvalue weighted by Crippen LogP contribution is -2.40. The molecule has 3 aromatic rings. The number of hydrogen-bond acceptors (Lipinski definition) is 8. The van der Waals surface area contributed by atoms with Gasteiger partial charge in [0, 0.05) is 57.1 Å². The Balaban J connectivity index is 1.36. The number of amides is 1. The van der Waals surface area contributed by atoms with Crippen molar-refractivity contribution in [3.8, 4) is 11.3 Å². The van der Waals surface area contributed by atoms with Crippen LogP contribution in [0.15, 0.2) is 47.8 Å². The molecule has 1 saturated heterocycles. The molecular weight excluding hydrogens is 642 g/mol. The van der Waals surface area contributed by atoms with Crippen molar-refractivity contribution in [3.63, 3.8) is 0 Å². The van der Waals surface area contributed by atoms with Crippen LogP contribution >= 0.6 is 0 Å². The highest BCUT2D eigenvalue weighted by molar-refractivity contribution is 7.82. The second kappa shape index (κ2) is 15.1. The number of alkyl halides is 6. The standard InChI is InChI=1S/C28H32F6N8O3S/c1-35-24(44)6-5-21(16-43)36-12-18-3-2-4-22(11-18)46(45)42-9-7-20(8-10-42)39-26-37-14-23(28(32,33)34)25(40-26)19-13-38-41(15-19)17-27(29,30)31/h2-4,11,13-16,20-21,36H,5-10,12,17H2,1H3,(H,35,44)(H,37,39,40). The van der Waals surface area contributed by atoms with Gasteiger partial charge in [-0.05, 0) is 37.0 Å². The number of benzene rings is 1. The van der Waals surface area contributed by atoms with E-state index in [1.165, 1.54) is 7.05 Å². The Bertz CT molecular complexity index is 1530. The molecule has 3 heterocycles. The zero-order valence-electron chi connectivity index (χ0n) is 24.6. The van der Waals surface area contributed by atoms with Crippen LogP contribution in [0.3, 0.4) is 0 Å². The van der Waals surface area contributed by atoms with Crippen LogP contribution in [0.5, 0.6) is 0 Å². The second-order valence-corrected chi connectivity index (χ2v) is 12.1. The molecule has 46 heavy (non-hydrogen) atoms. The third kappa shape index (κ3) is 9.80. The van der Waals surface area contributed by atoms with Gasteiger partial charge in [-0.3, -0.25) is 9.48 Å². The average molecular weight is 675 g/mol. The molecule has 0 spiro atoms. The Morgan fingerprint density at radius 2 is 1.89 bits per heavy atom. The van der Waals surface area contributed by atoms with Crippen molar-refractivity contribution in [1.82, 2.24) is 34.7 Å². The molecule has 0 radical (unpaired) electrons. The van der Waals surface area contributed by atoms with Crippen LogP contribution in [-0.2, 0) is 39.8 Å². The van der Waals surface area contributed by atoms with Crippen LogP contribution in [0.25, 0.3) is 11.3 Å². The molecule has 0 aliphatic carbocycles. The molecule has 1 aromatic carbocycles. The third-order valence-electron chi connectivity index (χ3n) is 7.16. The van der Waals surface area contributed by atoms with Gasteiger partial charge < -0.3 is 20.7 Å². The largest absolute Gasteiger partial charge is 0.419 e. The van der Waals surface area contributed by atoms with E-state index in [-0.39, 0.29) is 29.9 Å². The van der Waals surface area contributed by atoms with Crippen LogP contribution < -0.4 is 16.0 Å². The minimum Gasteiger partial charge on any atom is -0.359 e. The van der Waals surface area contributed by atoms with Crippen molar-refractivity contribution in [1.29, 1.82) is 0 Å². The minimum absolute atomic E-state index is 0.129. The molecular formula is C28H32F6N8O3S. The van der Waals surface area contributed by atoms with Crippen molar-refractivity contribution < 1.29 is 40.1 Å². The molecule has 3 N–H and O–H groups in total. The Morgan fingerprint density at radius 1 is 1.15 bits per heavy atom. The minimum atomic E-state index is -4.86. The first kappa shape index (κ1) is 35.0. The van der Waals surface area contributed by atoms with Gasteiger partial charge in [-0.1, -0.05) is 12.1 Å². The highest BCUT2D eigenvalue weighted by Crippen LogP contribution is 2.36. The second-order valence-electron chi connectivity index (χ2n) is 10.6. The number of nitrogens with one attached hydrogen (secondary N) is 3. The van der Waals surface area contributed by atoms with Gasteiger partial charge in [-0.2, -0.15) is 31.4 Å². The lowest BCUT2D eigenvalue weighted by Gasteiger charge is -2.31. The van der Waals surface area contributed by atoms with Crippen molar-refractivity contribution in [2.24, 2.45) is 0 Å². The van der Waals surface area contributed by atoms with E-state index in [1.807, 2.05) is 6.07 Å². The van der Waals surface area contributed by atoms with Crippen LogP contribution in [0.4, 0.5) is 32.3 Å². The summed E-state index contributed by atoms with van der Waals surface area (Å²) in [7, 11) is 0.0152. The molecule has 1 aliphatic heterocycles. The molecule has 250 valence electrons. The maximum atomic E-state index is 13.7. The van der Waals surface area contributed by atoms with E-state index in [9.17, 15) is 40.1 Å². The molecule has 18 heteroatoms. The molecule has 11 nitrogen and oxygen atoms in total. The Morgan fingerprint density at radius 3 is 2.54 bits per heavy atom. The number of piperidine rings is 1. The fraction of sp³-hybridized carbons (Fsp3) is 0.464. The number of carbonyl (C=O) groups excluding carboxylic acids is 2. The molecule has 2 aromatic heterocycles. The Hall–Kier alpha value is -3.90. The van der Waals surface area contributed by atoms with Crippen LogP contribution in [0.1, 0.15) is 36.8 Å². The van der Waals surface area contributed by atoms with Gasteiger partial charge >= 0.3 is 12.4 Å². The van der Waals surface area contributed by atoms with E-state index in [0.717, 1.165) is 24.2 Å². The molecule has 2 unspecified atom stereocenters. The third-order valence-corrected chi connectivity index (χ3v) is 8.65. The van der Waals surface area contributed by atoms with Crippen LogP contribution in [0, 0.1) is 0 Å². The molecule has 0 saturated carbocycles. The summed E-state index contributed by atoms with van der Waals surface area (Å²) in [5.74, 6) is -0.298. The average Bonchev–Trinajstić information content (AvgIpc) is 3.47. The van der Waals surface area contributed by atoms with Gasteiger partial charge in [0.2, 0.25) is 11.9 Å². The van der Waals surface area contributed by atoms with Gasteiger partial charge in [0.25, 0.3) is 0 Å². The van der Waals surface area contributed by atoms with Crippen molar-refractivity contribution in [3.05, 3.63) is 54.0 Å². The van der Waals surface area contributed by atoms with Crippen molar-refractivity contribution in [2.75, 3.05) is 25.5 Å². The highest BCUT2D eigenvalue weighted by Gasteiger charge is 2.36. The van der Waals surface area contributed by atoms with Crippen molar-refractivity contribution in [2.45, 2.75) is 68.1 Å². The number of hydrogen-bond donors (Lipinski definition) is 3. The van der Waals surface area contributed by atoms with E-state index < -0.39 is 47.2 Å². The number of aldehydes is 1. The molecule has 4 rings (SSSR count). The van der Waals surface area contributed by atoms with E-state index in [4.69, 9.17) is 0 Å². The number of aromatic nitrogens is 4. The lowest BCUT2D eigenvalue weighted by atomic mass is 10.1. The maximum Gasteiger partial charge on any atom is 0.419 e. The van der Waals surface area contributed by atoms with E-state index in [2.05, 4.69) is 31.0 Å². The Kier molecular flexibility index (Phi) is 11.5. The zero-order valence-corrected chi connectivity index (χ0v) is 25.4. The van der Waals surface area contributed by atoms with Gasteiger partial charge in [0.05, 0.1) is 22.8 Å². The maximum absolute atomic E-state index is 13.7. The predicted molar refractivity (Wildman–Crippen MR) is 155 cm³/mol. The zero-order chi connectivity index (χ0) is 33.5. The number of rotatable bonds is 13. The van der Waals surface area contributed by atoms with Gasteiger partial charge in [0.1, 0.15) is 29.4 Å². The normalized spacial score (nSPS) is 16.2. The molecule has 1 aliphatic rings. The van der Waals surface area contributed by atoms with Crippen molar-refractivity contribution >= 4 is 29.1 Å². The summed E-state index contributed by atoms with van der Waals surface area (Å²) in [4.78, 5) is 31.2. The molecule has 2 atom stereocenters. The first-order valence-electron chi connectivity index (χ1n) is 14.2. The summed E-state index contributed by atoms with van der Waals surface area (Å²) in [6, 6.07) is 6.28.